The molecule has 0 unspecified atom stereocenters. The molecule has 0 radical (unpaired) electrons. The quantitative estimate of drug-likeness (QED) is 0.532. The Hall–Kier alpha value is -2.02. The molecule has 0 bridgehead atoms. The lowest BCUT2D eigenvalue weighted by Crippen LogP contribution is -2.26. The van der Waals surface area contributed by atoms with Gasteiger partial charge in [0.15, 0.2) is 0 Å². The van der Waals surface area contributed by atoms with E-state index in [9.17, 15) is 0 Å². The second kappa shape index (κ2) is 7.25. The number of benzene rings is 2. The Labute approximate surface area is 146 Å². The molecule has 1 nitrogen and oxygen atoms in total. The summed E-state index contributed by atoms with van der Waals surface area (Å²) in [5.74, 6) is 1.07. The van der Waals surface area contributed by atoms with E-state index >= 15 is 0 Å². The second-order valence-corrected chi connectivity index (χ2v) is 7.14. The lowest BCUT2D eigenvalue weighted by Gasteiger charge is -2.37. The molecule has 1 heterocycles. The maximum atomic E-state index is 6.54. The molecule has 0 saturated heterocycles. The molecule has 2 aromatic rings. The van der Waals surface area contributed by atoms with Gasteiger partial charge in [0.25, 0.3) is 0 Å². The van der Waals surface area contributed by atoms with Gasteiger partial charge in [-0.1, -0.05) is 80.8 Å². The van der Waals surface area contributed by atoms with Gasteiger partial charge in [-0.3, -0.25) is 0 Å². The molecule has 0 atom stereocenters. The number of fused-ring (bicyclic) bond motifs is 1. The van der Waals surface area contributed by atoms with Gasteiger partial charge < -0.3 is 4.74 Å². The summed E-state index contributed by atoms with van der Waals surface area (Å²) in [5, 5.41) is 0. The highest BCUT2D eigenvalue weighted by Gasteiger charge is 2.33. The first kappa shape index (κ1) is 16.8. The summed E-state index contributed by atoms with van der Waals surface area (Å²) in [6.45, 7) is 6.60. The van der Waals surface area contributed by atoms with E-state index in [1.54, 1.807) is 0 Å². The molecule has 2 aromatic carbocycles. The molecular formula is C23H28O. The fourth-order valence-electron chi connectivity index (χ4n) is 3.56. The first-order valence-corrected chi connectivity index (χ1v) is 9.21. The van der Waals surface area contributed by atoms with E-state index in [0.29, 0.717) is 0 Å². The van der Waals surface area contributed by atoms with Crippen LogP contribution in [-0.2, 0) is 10.3 Å². The van der Waals surface area contributed by atoms with Crippen molar-refractivity contribution in [2.24, 2.45) is 0 Å². The van der Waals surface area contributed by atoms with Crippen molar-refractivity contribution < 1.29 is 4.74 Å². The van der Waals surface area contributed by atoms with Gasteiger partial charge >= 0.3 is 0 Å². The summed E-state index contributed by atoms with van der Waals surface area (Å²) in [5.41, 5.74) is 4.92. The smallest absolute Gasteiger partial charge is 0.131 e. The van der Waals surface area contributed by atoms with Crippen molar-refractivity contribution in [2.75, 3.05) is 0 Å². The van der Waals surface area contributed by atoms with Crippen LogP contribution in [0.4, 0.5) is 0 Å². The standard InChI is InChI=1S/C23H28O/c1-4-5-6-10-16-20-19-15-11-12-17-21(19)23(2,3)24-22(20)18-13-8-7-9-14-18/h7-9,11-15,17H,4-6,10,16H2,1-3H3. The Morgan fingerprint density at radius 3 is 2.29 bits per heavy atom. The van der Waals surface area contributed by atoms with Gasteiger partial charge in [0.1, 0.15) is 11.4 Å². The minimum atomic E-state index is -0.297. The molecule has 24 heavy (non-hydrogen) atoms. The van der Waals surface area contributed by atoms with Crippen LogP contribution in [0.15, 0.2) is 54.6 Å². The summed E-state index contributed by atoms with van der Waals surface area (Å²) in [4.78, 5) is 0. The number of ether oxygens (including phenoxy) is 1. The van der Waals surface area contributed by atoms with Crippen LogP contribution in [0.2, 0.25) is 0 Å². The third-order valence-corrected chi connectivity index (χ3v) is 4.85. The zero-order valence-electron chi connectivity index (χ0n) is 15.1. The lowest BCUT2D eigenvalue weighted by atomic mass is 9.83. The van der Waals surface area contributed by atoms with Gasteiger partial charge in [-0.25, -0.2) is 0 Å². The largest absolute Gasteiger partial charge is 0.482 e. The van der Waals surface area contributed by atoms with Crippen molar-refractivity contribution in [3.8, 4) is 0 Å². The summed E-state index contributed by atoms with van der Waals surface area (Å²) < 4.78 is 6.54. The molecule has 1 heteroatoms. The number of unbranched alkanes of at least 4 members (excludes halogenated alkanes) is 3. The first-order valence-electron chi connectivity index (χ1n) is 9.21. The minimum Gasteiger partial charge on any atom is -0.482 e. The lowest BCUT2D eigenvalue weighted by molar-refractivity contribution is 0.0716. The van der Waals surface area contributed by atoms with E-state index in [0.717, 1.165) is 12.2 Å². The van der Waals surface area contributed by atoms with Crippen LogP contribution in [0.5, 0.6) is 0 Å². The van der Waals surface area contributed by atoms with E-state index in [1.807, 2.05) is 0 Å². The monoisotopic (exact) mass is 320 g/mol. The molecule has 3 rings (SSSR count). The van der Waals surface area contributed by atoms with Crippen LogP contribution in [-0.4, -0.2) is 0 Å². The molecule has 1 aliphatic rings. The van der Waals surface area contributed by atoms with Gasteiger partial charge in [-0.05, 0) is 32.3 Å². The maximum Gasteiger partial charge on any atom is 0.131 e. The molecule has 0 aliphatic carbocycles. The number of rotatable bonds is 6. The molecule has 126 valence electrons. The topological polar surface area (TPSA) is 9.23 Å². The van der Waals surface area contributed by atoms with Crippen molar-refractivity contribution in [3.63, 3.8) is 0 Å². The summed E-state index contributed by atoms with van der Waals surface area (Å²) in [6.07, 6.45) is 6.16. The molecule has 1 aliphatic heterocycles. The maximum absolute atomic E-state index is 6.54. The Bertz CT molecular complexity index is 710. The van der Waals surface area contributed by atoms with Crippen molar-refractivity contribution in [1.82, 2.24) is 0 Å². The van der Waals surface area contributed by atoms with Crippen LogP contribution in [0.1, 0.15) is 69.6 Å². The third kappa shape index (κ3) is 3.40. The Morgan fingerprint density at radius 1 is 0.833 bits per heavy atom. The number of hydrogen-bond donors (Lipinski definition) is 0. The van der Waals surface area contributed by atoms with E-state index in [2.05, 4.69) is 75.4 Å². The van der Waals surface area contributed by atoms with Crippen LogP contribution in [0.25, 0.3) is 11.3 Å². The average Bonchev–Trinajstić information content (AvgIpc) is 2.61. The molecule has 0 N–H and O–H groups in total. The highest BCUT2D eigenvalue weighted by atomic mass is 16.5. The van der Waals surface area contributed by atoms with Crippen molar-refractivity contribution in [2.45, 2.75) is 58.5 Å². The van der Waals surface area contributed by atoms with Crippen molar-refractivity contribution >= 4 is 11.3 Å². The van der Waals surface area contributed by atoms with Gasteiger partial charge in [0.2, 0.25) is 0 Å². The van der Waals surface area contributed by atoms with Crippen LogP contribution in [0, 0.1) is 0 Å². The zero-order chi connectivity index (χ0) is 17.0. The Kier molecular flexibility index (Phi) is 5.08. The predicted molar refractivity (Wildman–Crippen MR) is 103 cm³/mol. The van der Waals surface area contributed by atoms with Crippen molar-refractivity contribution in [1.29, 1.82) is 0 Å². The summed E-state index contributed by atoms with van der Waals surface area (Å²) in [6, 6.07) is 19.3. The van der Waals surface area contributed by atoms with E-state index < -0.39 is 0 Å². The van der Waals surface area contributed by atoms with Gasteiger partial charge in [-0.2, -0.15) is 0 Å². The average molecular weight is 320 g/mol. The van der Waals surface area contributed by atoms with E-state index in [4.69, 9.17) is 4.74 Å². The molecule has 0 fully saturated rings. The molecule has 0 amide bonds. The minimum absolute atomic E-state index is 0.297. The SMILES string of the molecule is CCCCCCC1=C(c2ccccc2)OC(C)(C)c2ccccc21. The van der Waals surface area contributed by atoms with Crippen LogP contribution >= 0.6 is 0 Å². The first-order chi connectivity index (χ1) is 11.6. The molecule has 0 aromatic heterocycles. The number of allylic oxidation sites excluding steroid dienone is 1. The van der Waals surface area contributed by atoms with Gasteiger partial charge in [0, 0.05) is 16.7 Å². The molecular weight excluding hydrogens is 292 g/mol. The fourth-order valence-corrected chi connectivity index (χ4v) is 3.56. The summed E-state index contributed by atoms with van der Waals surface area (Å²) >= 11 is 0. The van der Waals surface area contributed by atoms with E-state index in [1.165, 1.54) is 47.9 Å². The zero-order valence-corrected chi connectivity index (χ0v) is 15.1. The second-order valence-electron chi connectivity index (χ2n) is 7.14. The summed E-state index contributed by atoms with van der Waals surface area (Å²) in [7, 11) is 0. The third-order valence-electron chi connectivity index (χ3n) is 4.85. The fraction of sp³-hybridized carbons (Fsp3) is 0.391. The predicted octanol–water partition coefficient (Wildman–Crippen LogP) is 6.79. The highest BCUT2D eigenvalue weighted by molar-refractivity contribution is 5.90. The molecule has 0 saturated carbocycles. The van der Waals surface area contributed by atoms with Gasteiger partial charge in [0.05, 0.1) is 0 Å². The van der Waals surface area contributed by atoms with E-state index in [-0.39, 0.29) is 5.60 Å². The van der Waals surface area contributed by atoms with Crippen molar-refractivity contribution in [3.05, 3.63) is 71.3 Å². The highest BCUT2D eigenvalue weighted by Crippen LogP contribution is 2.45. The molecule has 0 spiro atoms. The van der Waals surface area contributed by atoms with Gasteiger partial charge in [-0.15, -0.1) is 0 Å². The van der Waals surface area contributed by atoms with Crippen LogP contribution in [0.3, 0.4) is 0 Å². The van der Waals surface area contributed by atoms with Crippen LogP contribution < -0.4 is 0 Å². The number of hydrogen-bond acceptors (Lipinski definition) is 1. The Morgan fingerprint density at radius 2 is 1.54 bits per heavy atom. The normalized spacial score (nSPS) is 15.8. The Balaban J connectivity index is 2.05.